The van der Waals surface area contributed by atoms with E-state index in [9.17, 15) is 4.79 Å². The molecule has 0 aliphatic rings. The van der Waals surface area contributed by atoms with Crippen LogP contribution in [0.2, 0.25) is 0 Å². The summed E-state index contributed by atoms with van der Waals surface area (Å²) in [6.07, 6.45) is 2.45. The Bertz CT molecular complexity index is 534. The van der Waals surface area contributed by atoms with E-state index in [1.165, 1.54) is 4.88 Å². The van der Waals surface area contributed by atoms with Crippen LogP contribution in [0.5, 0.6) is 0 Å². The predicted octanol–water partition coefficient (Wildman–Crippen LogP) is 3.71. The van der Waals surface area contributed by atoms with Crippen LogP contribution in [0.1, 0.15) is 24.6 Å². The van der Waals surface area contributed by atoms with Gasteiger partial charge in [0.2, 0.25) is 5.91 Å². The molecule has 4 heteroatoms. The number of rotatable bonds is 6. The van der Waals surface area contributed by atoms with Crippen molar-refractivity contribution >= 4 is 28.6 Å². The third kappa shape index (κ3) is 3.84. The second kappa shape index (κ2) is 7.10. The first kappa shape index (κ1) is 14.6. The Kier molecular flexibility index (Phi) is 5.18. The SMILES string of the molecule is CCN(C(=O)CCCc1cccs1)c1ccc(N)cc1. The zero-order valence-electron chi connectivity index (χ0n) is 11.7. The minimum atomic E-state index is 0.175. The van der Waals surface area contributed by atoms with Gasteiger partial charge in [0.15, 0.2) is 0 Å². The van der Waals surface area contributed by atoms with E-state index in [1.807, 2.05) is 36.1 Å². The second-order valence-electron chi connectivity index (χ2n) is 4.66. The molecule has 2 rings (SSSR count). The zero-order chi connectivity index (χ0) is 14.4. The summed E-state index contributed by atoms with van der Waals surface area (Å²) in [7, 11) is 0. The van der Waals surface area contributed by atoms with Gasteiger partial charge in [0.25, 0.3) is 0 Å². The number of hydrogen-bond donors (Lipinski definition) is 1. The van der Waals surface area contributed by atoms with Gasteiger partial charge in [-0.3, -0.25) is 4.79 Å². The first-order valence-electron chi connectivity index (χ1n) is 6.89. The van der Waals surface area contributed by atoms with Crippen LogP contribution in [0.3, 0.4) is 0 Å². The van der Waals surface area contributed by atoms with E-state index < -0.39 is 0 Å². The topological polar surface area (TPSA) is 46.3 Å². The summed E-state index contributed by atoms with van der Waals surface area (Å²) >= 11 is 1.75. The van der Waals surface area contributed by atoms with E-state index >= 15 is 0 Å². The zero-order valence-corrected chi connectivity index (χ0v) is 12.5. The third-order valence-electron chi connectivity index (χ3n) is 3.22. The van der Waals surface area contributed by atoms with Gasteiger partial charge in [-0.15, -0.1) is 11.3 Å². The van der Waals surface area contributed by atoms with Crippen molar-refractivity contribution in [1.29, 1.82) is 0 Å². The summed E-state index contributed by atoms with van der Waals surface area (Å²) in [6.45, 7) is 2.68. The van der Waals surface area contributed by atoms with Crippen molar-refractivity contribution in [2.24, 2.45) is 0 Å². The molecule has 1 heterocycles. The molecule has 2 N–H and O–H groups in total. The van der Waals surface area contributed by atoms with Gasteiger partial charge < -0.3 is 10.6 Å². The van der Waals surface area contributed by atoms with Crippen LogP contribution < -0.4 is 10.6 Å². The quantitative estimate of drug-likeness (QED) is 0.824. The molecular weight excluding hydrogens is 268 g/mol. The molecule has 0 spiro atoms. The fourth-order valence-corrected chi connectivity index (χ4v) is 2.91. The van der Waals surface area contributed by atoms with Gasteiger partial charge in [-0.1, -0.05) is 6.07 Å². The summed E-state index contributed by atoms with van der Waals surface area (Å²) in [5.74, 6) is 0.175. The Morgan fingerprint density at radius 3 is 2.60 bits per heavy atom. The Balaban J connectivity index is 1.90. The van der Waals surface area contributed by atoms with Crippen LogP contribution in [-0.4, -0.2) is 12.5 Å². The second-order valence-corrected chi connectivity index (χ2v) is 5.69. The van der Waals surface area contributed by atoms with E-state index in [0.29, 0.717) is 13.0 Å². The smallest absolute Gasteiger partial charge is 0.226 e. The third-order valence-corrected chi connectivity index (χ3v) is 4.15. The van der Waals surface area contributed by atoms with E-state index in [4.69, 9.17) is 5.73 Å². The average Bonchev–Trinajstić information content (AvgIpc) is 2.95. The van der Waals surface area contributed by atoms with Crippen LogP contribution in [-0.2, 0) is 11.2 Å². The van der Waals surface area contributed by atoms with Crippen molar-refractivity contribution in [3.05, 3.63) is 46.7 Å². The number of carbonyl (C=O) groups excluding carboxylic acids is 1. The van der Waals surface area contributed by atoms with Gasteiger partial charge in [0.1, 0.15) is 0 Å². The van der Waals surface area contributed by atoms with Gasteiger partial charge in [-0.05, 0) is 55.5 Å². The minimum absolute atomic E-state index is 0.175. The number of nitrogen functional groups attached to an aromatic ring is 1. The van der Waals surface area contributed by atoms with Crippen molar-refractivity contribution in [3.63, 3.8) is 0 Å². The summed E-state index contributed by atoms with van der Waals surface area (Å²) in [4.78, 5) is 15.4. The van der Waals surface area contributed by atoms with E-state index in [0.717, 1.165) is 24.2 Å². The standard InChI is InChI=1S/C16H20N2OS/c1-2-18(14-10-8-13(17)9-11-14)16(19)7-3-5-15-6-4-12-20-15/h4,6,8-12H,2-3,5,7,17H2,1H3. The fourth-order valence-electron chi connectivity index (χ4n) is 2.16. The normalized spacial score (nSPS) is 10.4. The number of thiophene rings is 1. The van der Waals surface area contributed by atoms with Crippen molar-refractivity contribution in [3.8, 4) is 0 Å². The Labute approximate surface area is 124 Å². The molecule has 1 aromatic carbocycles. The highest BCUT2D eigenvalue weighted by Crippen LogP contribution is 2.18. The van der Waals surface area contributed by atoms with Crippen molar-refractivity contribution in [2.45, 2.75) is 26.2 Å². The molecule has 1 aromatic heterocycles. The van der Waals surface area contributed by atoms with Crippen LogP contribution in [0.4, 0.5) is 11.4 Å². The summed E-state index contributed by atoms with van der Waals surface area (Å²) in [5, 5.41) is 2.07. The van der Waals surface area contributed by atoms with E-state index in [-0.39, 0.29) is 5.91 Å². The molecule has 0 fully saturated rings. The lowest BCUT2D eigenvalue weighted by molar-refractivity contribution is -0.118. The molecule has 3 nitrogen and oxygen atoms in total. The molecule has 1 amide bonds. The largest absolute Gasteiger partial charge is 0.399 e. The molecule has 0 saturated heterocycles. The van der Waals surface area contributed by atoms with Gasteiger partial charge in [0, 0.05) is 29.2 Å². The molecule has 2 aromatic rings. The lowest BCUT2D eigenvalue weighted by Crippen LogP contribution is -2.30. The minimum Gasteiger partial charge on any atom is -0.399 e. The predicted molar refractivity (Wildman–Crippen MR) is 86.1 cm³/mol. The number of benzene rings is 1. The molecule has 20 heavy (non-hydrogen) atoms. The Hall–Kier alpha value is -1.81. The van der Waals surface area contributed by atoms with Crippen molar-refractivity contribution in [1.82, 2.24) is 0 Å². The Morgan fingerprint density at radius 1 is 1.25 bits per heavy atom. The Morgan fingerprint density at radius 2 is 2.00 bits per heavy atom. The van der Waals surface area contributed by atoms with Gasteiger partial charge >= 0.3 is 0 Å². The molecule has 0 saturated carbocycles. The van der Waals surface area contributed by atoms with E-state index in [1.54, 1.807) is 11.3 Å². The highest BCUT2D eigenvalue weighted by atomic mass is 32.1. The molecule has 0 radical (unpaired) electrons. The fraction of sp³-hybridized carbons (Fsp3) is 0.312. The highest BCUT2D eigenvalue weighted by Gasteiger charge is 2.13. The summed E-state index contributed by atoms with van der Waals surface area (Å²) in [5.41, 5.74) is 7.31. The maximum atomic E-state index is 12.3. The van der Waals surface area contributed by atoms with Crippen LogP contribution in [0.15, 0.2) is 41.8 Å². The van der Waals surface area contributed by atoms with Crippen molar-refractivity contribution in [2.75, 3.05) is 17.2 Å². The number of anilines is 2. The lowest BCUT2D eigenvalue weighted by Gasteiger charge is -2.21. The van der Waals surface area contributed by atoms with Crippen LogP contribution >= 0.6 is 11.3 Å². The first-order valence-corrected chi connectivity index (χ1v) is 7.77. The number of amides is 1. The molecule has 106 valence electrons. The van der Waals surface area contributed by atoms with Gasteiger partial charge in [-0.2, -0.15) is 0 Å². The summed E-state index contributed by atoms with van der Waals surface area (Å²) < 4.78 is 0. The van der Waals surface area contributed by atoms with E-state index in [2.05, 4.69) is 17.5 Å². The van der Waals surface area contributed by atoms with Gasteiger partial charge in [0.05, 0.1) is 0 Å². The maximum absolute atomic E-state index is 12.3. The summed E-state index contributed by atoms with van der Waals surface area (Å²) in [6, 6.07) is 11.6. The molecule has 0 atom stereocenters. The lowest BCUT2D eigenvalue weighted by atomic mass is 10.2. The van der Waals surface area contributed by atoms with Crippen molar-refractivity contribution < 1.29 is 4.79 Å². The molecular formula is C16H20N2OS. The van der Waals surface area contributed by atoms with Crippen LogP contribution in [0.25, 0.3) is 0 Å². The number of aryl methyl sites for hydroxylation is 1. The molecule has 0 aliphatic heterocycles. The van der Waals surface area contributed by atoms with Crippen LogP contribution in [0, 0.1) is 0 Å². The highest BCUT2D eigenvalue weighted by molar-refractivity contribution is 7.09. The molecule has 0 unspecified atom stereocenters. The number of carbonyl (C=O) groups is 1. The molecule has 0 bridgehead atoms. The number of nitrogens with two attached hydrogens (primary N) is 1. The monoisotopic (exact) mass is 288 g/mol. The number of nitrogens with zero attached hydrogens (tertiary/aromatic N) is 1. The maximum Gasteiger partial charge on any atom is 0.226 e. The van der Waals surface area contributed by atoms with Gasteiger partial charge in [-0.25, -0.2) is 0 Å². The number of hydrogen-bond acceptors (Lipinski definition) is 3. The average molecular weight is 288 g/mol. The molecule has 0 aliphatic carbocycles. The first-order chi connectivity index (χ1) is 9.70.